The zero-order valence-corrected chi connectivity index (χ0v) is 35.5. The van der Waals surface area contributed by atoms with Crippen molar-refractivity contribution in [3.63, 3.8) is 0 Å². The summed E-state index contributed by atoms with van der Waals surface area (Å²) in [5.41, 5.74) is 5.36. The highest BCUT2D eigenvalue weighted by Crippen LogP contribution is 2.43. The summed E-state index contributed by atoms with van der Waals surface area (Å²) >= 11 is 0. The van der Waals surface area contributed by atoms with Gasteiger partial charge in [0, 0.05) is 19.6 Å². The average molecular weight is 788 g/mol. The van der Waals surface area contributed by atoms with Gasteiger partial charge in [0.2, 0.25) is 0 Å². The summed E-state index contributed by atoms with van der Waals surface area (Å²) in [5.74, 6) is -0.381. The molecule has 8 nitrogen and oxygen atoms in total. The quantitative estimate of drug-likeness (QED) is 0.0274. The van der Waals surface area contributed by atoms with E-state index in [9.17, 15) is 14.3 Å². The minimum atomic E-state index is -4.30. The number of rotatable bonds is 39. The number of hydrogen-bond acceptors (Lipinski definition) is 7. The van der Waals surface area contributed by atoms with Crippen LogP contribution in [0.15, 0.2) is 97.2 Å². The van der Waals surface area contributed by atoms with Crippen molar-refractivity contribution < 1.29 is 32.8 Å². The Labute approximate surface area is 336 Å². The van der Waals surface area contributed by atoms with Crippen LogP contribution in [-0.2, 0) is 27.9 Å². The van der Waals surface area contributed by atoms with Gasteiger partial charge in [-0.2, -0.15) is 0 Å². The molecule has 0 saturated carbocycles. The maximum atomic E-state index is 12.6. The van der Waals surface area contributed by atoms with Crippen LogP contribution in [0.5, 0.6) is 0 Å². The van der Waals surface area contributed by atoms with E-state index in [-0.39, 0.29) is 38.8 Å². The van der Waals surface area contributed by atoms with Crippen LogP contribution in [0.25, 0.3) is 0 Å². The van der Waals surface area contributed by atoms with E-state index in [4.69, 9.17) is 24.3 Å². The fraction of sp³-hybridized carbons (Fsp3) is 0.630. The molecule has 0 bridgehead atoms. The van der Waals surface area contributed by atoms with Gasteiger partial charge in [-0.25, -0.2) is 4.57 Å². The Balaban J connectivity index is 4.19. The van der Waals surface area contributed by atoms with Gasteiger partial charge in [0.1, 0.15) is 6.10 Å². The molecule has 0 aliphatic heterocycles. The Kier molecular flexibility index (Phi) is 40.6. The number of phosphoric acid groups is 1. The molecular weight excluding hydrogens is 709 g/mol. The molecule has 0 heterocycles. The van der Waals surface area contributed by atoms with Gasteiger partial charge in [-0.3, -0.25) is 13.8 Å². The van der Waals surface area contributed by atoms with Crippen LogP contribution < -0.4 is 5.73 Å². The minimum Gasteiger partial charge on any atom is -0.457 e. The van der Waals surface area contributed by atoms with E-state index in [2.05, 4.69) is 111 Å². The molecule has 314 valence electrons. The van der Waals surface area contributed by atoms with E-state index in [0.717, 1.165) is 83.5 Å². The molecule has 0 spiro atoms. The van der Waals surface area contributed by atoms with Crippen LogP contribution >= 0.6 is 7.82 Å². The predicted octanol–water partition coefficient (Wildman–Crippen LogP) is 12.7. The monoisotopic (exact) mass is 788 g/mol. The molecule has 0 saturated heterocycles. The summed E-state index contributed by atoms with van der Waals surface area (Å²) in [4.78, 5) is 22.5. The predicted molar refractivity (Wildman–Crippen MR) is 233 cm³/mol. The van der Waals surface area contributed by atoms with Gasteiger partial charge in [0.05, 0.1) is 19.8 Å². The molecule has 0 fully saturated rings. The van der Waals surface area contributed by atoms with Gasteiger partial charge in [0.25, 0.3) is 0 Å². The van der Waals surface area contributed by atoms with Crippen LogP contribution in [0.2, 0.25) is 0 Å². The van der Waals surface area contributed by atoms with Crippen molar-refractivity contribution in [3.05, 3.63) is 97.2 Å². The summed E-state index contributed by atoms with van der Waals surface area (Å²) in [6, 6.07) is 0. The second-order valence-electron chi connectivity index (χ2n) is 13.5. The third kappa shape index (κ3) is 42.4. The molecule has 3 N–H and O–H groups in total. The largest absolute Gasteiger partial charge is 0.472 e. The van der Waals surface area contributed by atoms with E-state index in [1.165, 1.54) is 38.5 Å². The topological polar surface area (TPSA) is 117 Å². The minimum absolute atomic E-state index is 0.0846. The van der Waals surface area contributed by atoms with Crippen molar-refractivity contribution in [3.8, 4) is 0 Å². The average Bonchev–Trinajstić information content (AvgIpc) is 3.17. The zero-order chi connectivity index (χ0) is 40.2. The van der Waals surface area contributed by atoms with Gasteiger partial charge in [0.15, 0.2) is 0 Å². The van der Waals surface area contributed by atoms with Crippen molar-refractivity contribution in [2.45, 2.75) is 155 Å². The first-order valence-electron chi connectivity index (χ1n) is 21.2. The lowest BCUT2D eigenvalue weighted by Gasteiger charge is -2.20. The summed E-state index contributed by atoms with van der Waals surface area (Å²) in [6.45, 7) is 4.65. The summed E-state index contributed by atoms with van der Waals surface area (Å²) in [5, 5.41) is 0. The summed E-state index contributed by atoms with van der Waals surface area (Å²) < 4.78 is 33.3. The number of hydrogen-bond donors (Lipinski definition) is 2. The number of esters is 1. The SMILES string of the molecule is CC/C=C\C/C=C\C/C=C\C/C=C\C/C=C\C/C=C\CCCCC(=O)OC(COCCCCCCCC/C=C\C/C=C\CCCC)COP(=O)(O)OCCN. The Bertz CT molecular complexity index is 1150. The van der Waals surface area contributed by atoms with Gasteiger partial charge in [-0.15, -0.1) is 0 Å². The van der Waals surface area contributed by atoms with Crippen molar-refractivity contribution >= 4 is 13.8 Å². The Hall–Kier alpha value is -2.58. The molecule has 0 aliphatic rings. The number of nitrogens with two attached hydrogens (primary N) is 1. The lowest BCUT2D eigenvalue weighted by Crippen LogP contribution is -2.28. The van der Waals surface area contributed by atoms with E-state index >= 15 is 0 Å². The summed E-state index contributed by atoms with van der Waals surface area (Å²) in [7, 11) is -4.30. The molecule has 0 aromatic carbocycles. The lowest BCUT2D eigenvalue weighted by molar-refractivity contribution is -0.154. The Morgan fingerprint density at radius 1 is 0.564 bits per heavy atom. The van der Waals surface area contributed by atoms with Gasteiger partial charge < -0.3 is 20.1 Å². The fourth-order valence-corrected chi connectivity index (χ4v) is 5.90. The van der Waals surface area contributed by atoms with Gasteiger partial charge in [-0.1, -0.05) is 150 Å². The van der Waals surface area contributed by atoms with Crippen LogP contribution in [0.3, 0.4) is 0 Å². The molecule has 9 heteroatoms. The number of carbonyl (C=O) groups excluding carboxylic acids is 1. The highest BCUT2D eigenvalue weighted by molar-refractivity contribution is 7.47. The third-order valence-electron chi connectivity index (χ3n) is 8.24. The van der Waals surface area contributed by atoms with E-state index in [0.29, 0.717) is 13.0 Å². The molecule has 0 rings (SSSR count). The molecule has 0 amide bonds. The molecule has 55 heavy (non-hydrogen) atoms. The highest BCUT2D eigenvalue weighted by atomic mass is 31.2. The first-order valence-corrected chi connectivity index (χ1v) is 22.7. The maximum Gasteiger partial charge on any atom is 0.472 e. The molecule has 0 aromatic heterocycles. The molecule has 0 aromatic rings. The van der Waals surface area contributed by atoms with E-state index < -0.39 is 13.9 Å². The summed E-state index contributed by atoms with van der Waals surface area (Å²) in [6.07, 6.45) is 55.7. The first-order chi connectivity index (χ1) is 26.9. The highest BCUT2D eigenvalue weighted by Gasteiger charge is 2.25. The number of allylic oxidation sites excluding steroid dienone is 16. The zero-order valence-electron chi connectivity index (χ0n) is 34.6. The van der Waals surface area contributed by atoms with E-state index in [1.54, 1.807) is 0 Å². The standard InChI is InChI=1S/C46H78NO7P/c1-3-5-7-9-11-13-15-17-19-20-21-22-23-24-25-27-29-31-33-35-37-39-46(48)54-45(44-53-55(49,50)52-42-40-47)43-51-41-38-36-34-32-30-28-26-18-16-14-12-10-8-6-4-2/h5,7,10-13,16-19,21-22,24-25,29,31,45H,3-4,6,8-9,14-15,20,23,26-28,30,32-44,47H2,1-2H3,(H,49,50)/b7-5-,12-10-,13-11-,18-16-,19-17-,22-21-,25-24-,31-29-. The maximum absolute atomic E-state index is 12.6. The molecule has 0 radical (unpaired) electrons. The Morgan fingerprint density at radius 2 is 1.02 bits per heavy atom. The second kappa shape index (κ2) is 42.6. The van der Waals surface area contributed by atoms with E-state index in [1.807, 2.05) is 0 Å². The normalized spacial score (nSPS) is 14.5. The Morgan fingerprint density at radius 3 is 1.53 bits per heavy atom. The van der Waals surface area contributed by atoms with Crippen LogP contribution in [0.1, 0.15) is 149 Å². The molecule has 2 unspecified atom stereocenters. The third-order valence-corrected chi connectivity index (χ3v) is 9.22. The number of phosphoric ester groups is 1. The first kappa shape index (κ1) is 52.4. The van der Waals surface area contributed by atoms with Crippen molar-refractivity contribution in [1.29, 1.82) is 0 Å². The van der Waals surface area contributed by atoms with Crippen LogP contribution in [0, 0.1) is 0 Å². The second-order valence-corrected chi connectivity index (χ2v) is 14.9. The van der Waals surface area contributed by atoms with Crippen LogP contribution in [0.4, 0.5) is 0 Å². The number of unbranched alkanes of at least 4 members (excludes halogenated alkanes) is 10. The smallest absolute Gasteiger partial charge is 0.457 e. The number of ether oxygens (including phenoxy) is 2. The lowest BCUT2D eigenvalue weighted by atomic mass is 10.1. The number of carbonyl (C=O) groups is 1. The van der Waals surface area contributed by atoms with Crippen LogP contribution in [-0.4, -0.2) is 49.9 Å². The van der Waals surface area contributed by atoms with Gasteiger partial charge >= 0.3 is 13.8 Å². The molecular formula is C46H78NO7P. The van der Waals surface area contributed by atoms with Crippen molar-refractivity contribution in [1.82, 2.24) is 0 Å². The molecule has 0 aliphatic carbocycles. The van der Waals surface area contributed by atoms with Crippen molar-refractivity contribution in [2.75, 3.05) is 33.0 Å². The fourth-order valence-electron chi connectivity index (χ4n) is 5.13. The van der Waals surface area contributed by atoms with Crippen molar-refractivity contribution in [2.24, 2.45) is 5.73 Å². The van der Waals surface area contributed by atoms with Gasteiger partial charge in [-0.05, 0) is 89.9 Å². The molecule has 2 atom stereocenters.